The third-order valence-electron chi connectivity index (χ3n) is 6.45. The van der Waals surface area contributed by atoms with Crippen LogP contribution in [0.5, 0.6) is 0 Å². The van der Waals surface area contributed by atoms with Gasteiger partial charge in [0.1, 0.15) is 18.2 Å². The molecule has 0 aliphatic carbocycles. The van der Waals surface area contributed by atoms with Crippen LogP contribution in [-0.4, -0.2) is 52.9 Å². The van der Waals surface area contributed by atoms with Gasteiger partial charge in [0, 0.05) is 30.5 Å². The highest BCUT2D eigenvalue weighted by Gasteiger charge is 2.19. The van der Waals surface area contributed by atoms with E-state index < -0.39 is 23.7 Å². The number of nitrogens with one attached hydrogen (secondary N) is 2. The van der Waals surface area contributed by atoms with E-state index in [0.29, 0.717) is 43.1 Å². The molecule has 8 nitrogen and oxygen atoms in total. The molecule has 0 atom stereocenters. The number of urea groups is 1. The van der Waals surface area contributed by atoms with Crippen LogP contribution in [0.4, 0.5) is 19.3 Å². The molecule has 0 saturated carbocycles. The van der Waals surface area contributed by atoms with E-state index in [1.54, 1.807) is 52.2 Å². The van der Waals surface area contributed by atoms with E-state index in [9.17, 15) is 18.4 Å². The van der Waals surface area contributed by atoms with Crippen molar-refractivity contribution in [1.29, 1.82) is 0 Å². The normalized spacial score (nSPS) is 13.4. The van der Waals surface area contributed by atoms with E-state index in [4.69, 9.17) is 4.74 Å². The maximum Gasteiger partial charge on any atom is 0.319 e. The van der Waals surface area contributed by atoms with Crippen molar-refractivity contribution >= 4 is 17.6 Å². The second-order valence-corrected chi connectivity index (χ2v) is 9.13. The van der Waals surface area contributed by atoms with Gasteiger partial charge in [0.05, 0.1) is 25.5 Å². The summed E-state index contributed by atoms with van der Waals surface area (Å²) in [5.74, 6) is -0.788. The molecule has 1 fully saturated rings. The molecule has 200 valence electrons. The quantitative estimate of drug-likeness (QED) is 0.365. The van der Waals surface area contributed by atoms with E-state index >= 15 is 0 Å². The van der Waals surface area contributed by atoms with E-state index in [2.05, 4.69) is 15.7 Å². The van der Waals surface area contributed by atoms with Crippen LogP contribution in [0, 0.1) is 11.6 Å². The topological polar surface area (TPSA) is 88.5 Å². The van der Waals surface area contributed by atoms with Gasteiger partial charge in [-0.05, 0) is 53.1 Å². The van der Waals surface area contributed by atoms with Crippen LogP contribution in [0.25, 0.3) is 11.1 Å². The van der Waals surface area contributed by atoms with Crippen molar-refractivity contribution in [2.75, 3.05) is 31.6 Å². The first-order valence-corrected chi connectivity index (χ1v) is 12.5. The summed E-state index contributed by atoms with van der Waals surface area (Å²) in [6.45, 7) is 2.43. The Bertz CT molecular complexity index is 1370. The molecule has 3 amide bonds. The zero-order valence-corrected chi connectivity index (χ0v) is 21.0. The van der Waals surface area contributed by atoms with Crippen molar-refractivity contribution < 1.29 is 23.1 Å². The van der Waals surface area contributed by atoms with Gasteiger partial charge in [-0.15, -0.1) is 0 Å². The molecular weight excluding hydrogens is 504 g/mol. The summed E-state index contributed by atoms with van der Waals surface area (Å²) in [6, 6.07) is 17.7. The van der Waals surface area contributed by atoms with Gasteiger partial charge in [0.15, 0.2) is 0 Å². The lowest BCUT2D eigenvalue weighted by atomic mass is 9.99. The number of halogens is 2. The molecule has 5 rings (SSSR count). The summed E-state index contributed by atoms with van der Waals surface area (Å²) in [4.78, 5) is 27.1. The van der Waals surface area contributed by atoms with Gasteiger partial charge in [-0.25, -0.2) is 13.6 Å². The first kappa shape index (κ1) is 26.1. The van der Waals surface area contributed by atoms with Crippen molar-refractivity contribution in [3.05, 3.63) is 108 Å². The van der Waals surface area contributed by atoms with Crippen LogP contribution in [0.1, 0.15) is 17.2 Å². The largest absolute Gasteiger partial charge is 0.378 e. The Balaban J connectivity index is 1.22. The van der Waals surface area contributed by atoms with Gasteiger partial charge in [-0.1, -0.05) is 36.4 Å². The van der Waals surface area contributed by atoms with Crippen LogP contribution >= 0.6 is 0 Å². The lowest BCUT2D eigenvalue weighted by Crippen LogP contribution is -2.42. The number of carbonyl (C=O) groups is 2. The van der Waals surface area contributed by atoms with Gasteiger partial charge in [0.2, 0.25) is 5.91 Å². The minimum absolute atomic E-state index is 0.00177. The summed E-state index contributed by atoms with van der Waals surface area (Å²) >= 11 is 0. The number of ether oxygens (including phenoxy) is 1. The van der Waals surface area contributed by atoms with Gasteiger partial charge in [-0.3, -0.25) is 9.48 Å². The van der Waals surface area contributed by atoms with Crippen molar-refractivity contribution in [3.8, 4) is 11.1 Å². The van der Waals surface area contributed by atoms with E-state index in [1.807, 2.05) is 18.3 Å². The zero-order valence-electron chi connectivity index (χ0n) is 21.0. The van der Waals surface area contributed by atoms with Crippen molar-refractivity contribution in [3.63, 3.8) is 0 Å². The summed E-state index contributed by atoms with van der Waals surface area (Å²) in [6.07, 6.45) is 3.50. The van der Waals surface area contributed by atoms with Crippen molar-refractivity contribution in [2.45, 2.75) is 12.6 Å². The second-order valence-electron chi connectivity index (χ2n) is 9.13. The second kappa shape index (κ2) is 11.9. The summed E-state index contributed by atoms with van der Waals surface area (Å²) in [7, 11) is 0. The van der Waals surface area contributed by atoms with Crippen molar-refractivity contribution in [1.82, 2.24) is 20.0 Å². The third kappa shape index (κ3) is 6.66. The Kier molecular flexibility index (Phi) is 7.93. The molecule has 10 heteroatoms. The van der Waals surface area contributed by atoms with E-state index in [1.165, 1.54) is 24.3 Å². The lowest BCUT2D eigenvalue weighted by Gasteiger charge is -2.26. The van der Waals surface area contributed by atoms with Gasteiger partial charge in [0.25, 0.3) is 0 Å². The maximum atomic E-state index is 13.5. The predicted molar refractivity (Wildman–Crippen MR) is 142 cm³/mol. The molecule has 2 heterocycles. The molecule has 0 spiro atoms. The molecule has 3 aromatic carbocycles. The molecule has 0 bridgehead atoms. The Labute approximate surface area is 224 Å². The highest BCUT2D eigenvalue weighted by Crippen LogP contribution is 2.24. The Morgan fingerprint density at radius 1 is 0.846 bits per heavy atom. The number of morpholine rings is 1. The number of carbonyl (C=O) groups excluding carboxylic acids is 2. The molecule has 2 N–H and O–H groups in total. The minimum atomic E-state index is -0.614. The number of nitrogens with zero attached hydrogens (tertiary/aromatic N) is 3. The third-order valence-corrected chi connectivity index (χ3v) is 6.45. The number of aromatic nitrogens is 2. The number of hydrogen-bond donors (Lipinski definition) is 2. The van der Waals surface area contributed by atoms with Gasteiger partial charge < -0.3 is 20.3 Å². The molecule has 0 radical (unpaired) electrons. The highest BCUT2D eigenvalue weighted by atomic mass is 19.1. The zero-order chi connectivity index (χ0) is 27.2. The van der Waals surface area contributed by atoms with E-state index in [0.717, 1.165) is 11.1 Å². The van der Waals surface area contributed by atoms with E-state index in [-0.39, 0.29) is 12.5 Å². The minimum Gasteiger partial charge on any atom is -0.378 e. The maximum absolute atomic E-state index is 13.5. The fourth-order valence-corrected chi connectivity index (χ4v) is 4.36. The smallest absolute Gasteiger partial charge is 0.319 e. The lowest BCUT2D eigenvalue weighted by molar-refractivity contribution is -0.136. The first-order chi connectivity index (χ1) is 18.9. The predicted octanol–water partition coefficient (Wildman–Crippen LogP) is 4.60. The van der Waals surface area contributed by atoms with Crippen LogP contribution < -0.4 is 10.6 Å². The molecule has 4 aromatic rings. The van der Waals surface area contributed by atoms with Gasteiger partial charge in [-0.2, -0.15) is 5.10 Å². The monoisotopic (exact) mass is 531 g/mol. The summed E-state index contributed by atoms with van der Waals surface area (Å²) < 4.78 is 33.8. The fraction of sp³-hybridized carbons (Fsp3) is 0.207. The average Bonchev–Trinajstić information content (AvgIpc) is 3.42. The number of anilines is 1. The van der Waals surface area contributed by atoms with Gasteiger partial charge >= 0.3 is 6.03 Å². The Hall–Kier alpha value is -4.57. The molecule has 1 saturated heterocycles. The summed E-state index contributed by atoms with van der Waals surface area (Å²) in [5, 5.41) is 9.99. The number of rotatable bonds is 7. The molecule has 1 aliphatic rings. The van der Waals surface area contributed by atoms with Crippen LogP contribution in [0.3, 0.4) is 0 Å². The van der Waals surface area contributed by atoms with Crippen LogP contribution in [0.15, 0.2) is 85.2 Å². The molecular formula is C29H27F2N5O3. The van der Waals surface area contributed by atoms with Crippen molar-refractivity contribution in [2.24, 2.45) is 0 Å². The Morgan fingerprint density at radius 3 is 2.03 bits per heavy atom. The summed E-state index contributed by atoms with van der Waals surface area (Å²) in [5.41, 5.74) is 3.58. The Morgan fingerprint density at radius 2 is 1.44 bits per heavy atom. The highest BCUT2D eigenvalue weighted by molar-refractivity contribution is 5.90. The average molecular weight is 532 g/mol. The standard InChI is InChI=1S/C29H27F2N5O3/c30-24-7-1-21(2-8-24)28(22-3-9-25(31)10-4-22)34-29(38)33-26-11-5-20(6-12-26)23-17-32-36(18-23)19-27(37)35-13-15-39-16-14-35/h1-12,17-18,28H,13-16,19H2,(H2,33,34,38). The van der Waals surface area contributed by atoms with Crippen LogP contribution in [0.2, 0.25) is 0 Å². The number of hydrogen-bond acceptors (Lipinski definition) is 4. The molecule has 39 heavy (non-hydrogen) atoms. The molecule has 0 unspecified atom stereocenters. The molecule has 1 aliphatic heterocycles. The number of benzene rings is 3. The number of amides is 3. The fourth-order valence-electron chi connectivity index (χ4n) is 4.36. The first-order valence-electron chi connectivity index (χ1n) is 12.5. The SMILES string of the molecule is O=C(Nc1ccc(-c2cnn(CC(=O)N3CCOCC3)c2)cc1)NC(c1ccc(F)cc1)c1ccc(F)cc1. The van der Waals surface area contributed by atoms with Crippen LogP contribution in [-0.2, 0) is 16.1 Å². The molecule has 1 aromatic heterocycles.